The van der Waals surface area contributed by atoms with Gasteiger partial charge in [0.05, 0.1) is 4.90 Å². The summed E-state index contributed by atoms with van der Waals surface area (Å²) in [6.45, 7) is 2.14. The Hall–Kier alpha value is -1.93. The summed E-state index contributed by atoms with van der Waals surface area (Å²) in [6, 6.07) is 5.02. The van der Waals surface area contributed by atoms with Crippen molar-refractivity contribution in [3.05, 3.63) is 23.8 Å². The summed E-state index contributed by atoms with van der Waals surface area (Å²) >= 11 is 0. The van der Waals surface area contributed by atoms with Gasteiger partial charge in [0.15, 0.2) is 0 Å². The van der Waals surface area contributed by atoms with Crippen LogP contribution in [0.15, 0.2) is 23.1 Å². The Balaban J connectivity index is 1.56. The fourth-order valence-electron chi connectivity index (χ4n) is 3.62. The van der Waals surface area contributed by atoms with E-state index in [4.69, 9.17) is 0 Å². The molecule has 1 aromatic carbocycles. The first-order valence-electron chi connectivity index (χ1n) is 9.07. The topological polar surface area (TPSA) is 95.6 Å². The second kappa shape index (κ2) is 7.75. The van der Waals surface area contributed by atoms with Gasteiger partial charge < -0.3 is 10.2 Å². The highest BCUT2D eigenvalue weighted by Crippen LogP contribution is 2.30. The average Bonchev–Trinajstić information content (AvgIpc) is 3.23. The van der Waals surface area contributed by atoms with Crippen molar-refractivity contribution in [3.63, 3.8) is 0 Å². The normalized spacial score (nSPS) is 17.3. The molecule has 2 N–H and O–H groups in total. The van der Waals surface area contributed by atoms with Crippen molar-refractivity contribution in [1.29, 1.82) is 0 Å². The molecule has 0 spiro atoms. The number of anilines is 1. The van der Waals surface area contributed by atoms with Gasteiger partial charge in [-0.1, -0.05) is 12.8 Å². The molecule has 26 heavy (non-hydrogen) atoms. The number of benzene rings is 1. The third-order valence-electron chi connectivity index (χ3n) is 5.00. The Morgan fingerprint density at radius 2 is 1.96 bits per heavy atom. The number of sulfonamides is 1. The maximum atomic E-state index is 12.5. The van der Waals surface area contributed by atoms with Crippen molar-refractivity contribution in [2.45, 2.75) is 56.4 Å². The standard InChI is InChI=1S/C18H25N3O4S/c1-13(22)21-11-9-14-12-16(6-7-17(14)21)26(24,25)19-10-8-18(23)20-15-4-2-3-5-15/h6-7,12,15,19H,2-5,8-11H2,1H3,(H,20,23). The third kappa shape index (κ3) is 4.24. The van der Waals surface area contributed by atoms with Crippen molar-refractivity contribution < 1.29 is 18.0 Å². The minimum Gasteiger partial charge on any atom is -0.353 e. The monoisotopic (exact) mass is 379 g/mol. The lowest BCUT2D eigenvalue weighted by Crippen LogP contribution is -2.35. The molecule has 1 heterocycles. The first kappa shape index (κ1) is 18.8. The van der Waals surface area contributed by atoms with E-state index in [1.165, 1.54) is 13.0 Å². The zero-order chi connectivity index (χ0) is 18.7. The summed E-state index contributed by atoms with van der Waals surface area (Å²) < 4.78 is 27.4. The Bertz CT molecular complexity index is 801. The Kier molecular flexibility index (Phi) is 5.62. The van der Waals surface area contributed by atoms with Crippen LogP contribution in [0.4, 0.5) is 5.69 Å². The average molecular weight is 379 g/mol. The Morgan fingerprint density at radius 1 is 1.23 bits per heavy atom. The highest BCUT2D eigenvalue weighted by Gasteiger charge is 2.25. The lowest BCUT2D eigenvalue weighted by Gasteiger charge is -2.15. The molecular formula is C18H25N3O4S. The van der Waals surface area contributed by atoms with E-state index in [-0.39, 0.29) is 35.7 Å². The van der Waals surface area contributed by atoms with Gasteiger partial charge in [-0.15, -0.1) is 0 Å². The molecule has 1 saturated carbocycles. The summed E-state index contributed by atoms with van der Waals surface area (Å²) in [5.41, 5.74) is 1.62. The van der Waals surface area contributed by atoms with Gasteiger partial charge in [-0.25, -0.2) is 13.1 Å². The maximum Gasteiger partial charge on any atom is 0.240 e. The van der Waals surface area contributed by atoms with Crippen LogP contribution in [-0.2, 0) is 26.0 Å². The summed E-state index contributed by atoms with van der Waals surface area (Å²) in [6.07, 6.45) is 5.04. The number of fused-ring (bicyclic) bond motifs is 1. The van der Waals surface area contributed by atoms with E-state index in [1.54, 1.807) is 17.0 Å². The van der Waals surface area contributed by atoms with E-state index in [0.29, 0.717) is 13.0 Å². The van der Waals surface area contributed by atoms with Crippen LogP contribution in [0.2, 0.25) is 0 Å². The molecule has 0 aromatic heterocycles. The van der Waals surface area contributed by atoms with Gasteiger partial charge in [0, 0.05) is 38.2 Å². The Morgan fingerprint density at radius 3 is 2.65 bits per heavy atom. The molecule has 3 rings (SSSR count). The number of nitrogens with zero attached hydrogens (tertiary/aromatic N) is 1. The van der Waals surface area contributed by atoms with E-state index < -0.39 is 10.0 Å². The highest BCUT2D eigenvalue weighted by molar-refractivity contribution is 7.89. The molecule has 1 aromatic rings. The van der Waals surface area contributed by atoms with Crippen LogP contribution in [0.3, 0.4) is 0 Å². The smallest absolute Gasteiger partial charge is 0.240 e. The minimum atomic E-state index is -3.68. The van der Waals surface area contributed by atoms with Crippen LogP contribution in [0.5, 0.6) is 0 Å². The molecule has 2 aliphatic rings. The summed E-state index contributed by atoms with van der Waals surface area (Å²) in [5.74, 6) is -0.170. The highest BCUT2D eigenvalue weighted by atomic mass is 32.2. The number of carbonyl (C=O) groups excluding carboxylic acids is 2. The van der Waals surface area contributed by atoms with Gasteiger partial charge in [0.1, 0.15) is 0 Å². The summed E-state index contributed by atoms with van der Waals surface area (Å²) in [7, 11) is -3.68. The van der Waals surface area contributed by atoms with Crippen LogP contribution in [0.1, 0.15) is 44.6 Å². The molecule has 1 aliphatic carbocycles. The van der Waals surface area contributed by atoms with E-state index in [1.807, 2.05) is 0 Å². The number of hydrogen-bond acceptors (Lipinski definition) is 4. The van der Waals surface area contributed by atoms with Gasteiger partial charge in [-0.2, -0.15) is 0 Å². The van der Waals surface area contributed by atoms with E-state index in [9.17, 15) is 18.0 Å². The van der Waals surface area contributed by atoms with Crippen molar-refractivity contribution in [2.75, 3.05) is 18.0 Å². The van der Waals surface area contributed by atoms with Crippen molar-refractivity contribution in [3.8, 4) is 0 Å². The molecule has 142 valence electrons. The molecule has 0 unspecified atom stereocenters. The molecule has 8 heteroatoms. The van der Waals surface area contributed by atoms with Crippen molar-refractivity contribution in [2.24, 2.45) is 0 Å². The largest absolute Gasteiger partial charge is 0.353 e. The molecule has 0 atom stereocenters. The predicted molar refractivity (Wildman–Crippen MR) is 98.4 cm³/mol. The van der Waals surface area contributed by atoms with Gasteiger partial charge in [-0.05, 0) is 43.0 Å². The molecule has 1 fully saturated rings. The molecular weight excluding hydrogens is 354 g/mol. The van der Waals surface area contributed by atoms with Crippen molar-refractivity contribution >= 4 is 27.5 Å². The van der Waals surface area contributed by atoms with Crippen molar-refractivity contribution in [1.82, 2.24) is 10.0 Å². The lowest BCUT2D eigenvalue weighted by molar-refractivity contribution is -0.121. The third-order valence-corrected chi connectivity index (χ3v) is 6.46. The molecule has 0 saturated heterocycles. The van der Waals surface area contributed by atoms with Gasteiger partial charge >= 0.3 is 0 Å². The van der Waals surface area contributed by atoms with Crippen LogP contribution >= 0.6 is 0 Å². The SMILES string of the molecule is CC(=O)N1CCc2cc(S(=O)(=O)NCCC(=O)NC3CCCC3)ccc21. The number of hydrogen-bond donors (Lipinski definition) is 2. The Labute approximate surface area is 154 Å². The molecule has 7 nitrogen and oxygen atoms in total. The fourth-order valence-corrected chi connectivity index (χ4v) is 4.71. The summed E-state index contributed by atoms with van der Waals surface area (Å²) in [5, 5.41) is 2.94. The quantitative estimate of drug-likeness (QED) is 0.779. The molecule has 0 bridgehead atoms. The fraction of sp³-hybridized carbons (Fsp3) is 0.556. The molecule has 1 aliphatic heterocycles. The van der Waals surface area contributed by atoms with Gasteiger partial charge in [0.2, 0.25) is 21.8 Å². The van der Waals surface area contributed by atoms with E-state index >= 15 is 0 Å². The van der Waals surface area contributed by atoms with E-state index in [2.05, 4.69) is 10.0 Å². The van der Waals surface area contributed by atoms with Crippen LogP contribution in [-0.4, -0.2) is 39.4 Å². The number of nitrogens with one attached hydrogen (secondary N) is 2. The summed E-state index contributed by atoms with van der Waals surface area (Å²) in [4.78, 5) is 25.3. The number of rotatable bonds is 6. The van der Waals surface area contributed by atoms with Crippen LogP contribution in [0, 0.1) is 0 Å². The van der Waals surface area contributed by atoms with Gasteiger partial charge in [0.25, 0.3) is 0 Å². The zero-order valence-corrected chi connectivity index (χ0v) is 15.8. The minimum absolute atomic E-state index is 0.0502. The second-order valence-electron chi connectivity index (χ2n) is 6.91. The van der Waals surface area contributed by atoms with Crippen LogP contribution in [0.25, 0.3) is 0 Å². The predicted octanol–water partition coefficient (Wildman–Crippen LogP) is 1.32. The molecule has 2 amide bonds. The first-order valence-corrected chi connectivity index (χ1v) is 10.6. The second-order valence-corrected chi connectivity index (χ2v) is 8.67. The number of amides is 2. The lowest BCUT2D eigenvalue weighted by atomic mass is 10.2. The van der Waals surface area contributed by atoms with E-state index in [0.717, 1.165) is 36.9 Å². The van der Waals surface area contributed by atoms with Gasteiger partial charge in [-0.3, -0.25) is 9.59 Å². The molecule has 0 radical (unpaired) electrons. The maximum absolute atomic E-state index is 12.5. The zero-order valence-electron chi connectivity index (χ0n) is 15.0. The number of carbonyl (C=O) groups is 2. The first-order chi connectivity index (χ1) is 12.4. The van der Waals surface area contributed by atoms with Crippen LogP contribution < -0.4 is 14.9 Å².